The minimum absolute atomic E-state index is 0.143. The van der Waals surface area contributed by atoms with E-state index < -0.39 is 28.6 Å². The normalized spacial score (nSPS) is 12.4. The van der Waals surface area contributed by atoms with Gasteiger partial charge >= 0.3 is 0 Å². The highest BCUT2D eigenvalue weighted by molar-refractivity contribution is 7.98. The van der Waals surface area contributed by atoms with Crippen molar-refractivity contribution in [2.75, 3.05) is 0 Å². The standard InChI is InChI=1S/C11H9F3N2O2S2/c1-5(20-4-9-15-16-11(19)18-9)17-10-7(13)2-6(12)3-8(10)14/h2-3,5H,4H2,1H3,(H,16,19). The van der Waals surface area contributed by atoms with Gasteiger partial charge in [-0.1, -0.05) is 0 Å². The summed E-state index contributed by atoms with van der Waals surface area (Å²) < 4.78 is 49.6. The maximum atomic E-state index is 13.4. The van der Waals surface area contributed by atoms with Crippen LogP contribution in [-0.2, 0) is 5.75 Å². The Morgan fingerprint density at radius 2 is 2.05 bits per heavy atom. The number of halogens is 3. The number of nitrogens with one attached hydrogen (secondary N) is 1. The molecule has 0 saturated heterocycles. The summed E-state index contributed by atoms with van der Waals surface area (Å²) in [5.74, 6) is -3.15. The zero-order valence-electron chi connectivity index (χ0n) is 10.2. The van der Waals surface area contributed by atoms with Gasteiger partial charge in [0.1, 0.15) is 11.3 Å². The van der Waals surface area contributed by atoms with Crippen molar-refractivity contribution in [2.45, 2.75) is 18.1 Å². The van der Waals surface area contributed by atoms with Gasteiger partial charge in [0.25, 0.3) is 4.84 Å². The molecule has 0 aliphatic rings. The molecule has 0 aliphatic carbocycles. The Morgan fingerprint density at radius 3 is 2.60 bits per heavy atom. The second-order valence-electron chi connectivity index (χ2n) is 3.70. The van der Waals surface area contributed by atoms with Crippen molar-refractivity contribution >= 4 is 24.0 Å². The second-order valence-corrected chi connectivity index (χ2v) is 5.36. The van der Waals surface area contributed by atoms with E-state index in [1.807, 2.05) is 0 Å². The lowest BCUT2D eigenvalue weighted by Crippen LogP contribution is -2.10. The molecule has 2 aromatic rings. The van der Waals surface area contributed by atoms with Crippen LogP contribution in [0.25, 0.3) is 0 Å². The zero-order valence-corrected chi connectivity index (χ0v) is 11.8. The van der Waals surface area contributed by atoms with Gasteiger partial charge in [-0.2, -0.15) is 0 Å². The molecule has 1 heterocycles. The highest BCUT2D eigenvalue weighted by Gasteiger charge is 2.16. The Kier molecular flexibility index (Phi) is 4.71. The van der Waals surface area contributed by atoms with E-state index in [1.165, 1.54) is 11.8 Å². The van der Waals surface area contributed by atoms with E-state index in [2.05, 4.69) is 10.2 Å². The quantitative estimate of drug-likeness (QED) is 0.670. The first-order chi connectivity index (χ1) is 9.45. The summed E-state index contributed by atoms with van der Waals surface area (Å²) in [6, 6.07) is 1.12. The Labute approximate surface area is 121 Å². The lowest BCUT2D eigenvalue weighted by atomic mass is 10.3. The van der Waals surface area contributed by atoms with Crippen molar-refractivity contribution in [1.82, 2.24) is 10.2 Å². The number of thioether (sulfide) groups is 1. The molecule has 0 amide bonds. The maximum absolute atomic E-state index is 13.4. The molecular weight excluding hydrogens is 313 g/mol. The van der Waals surface area contributed by atoms with Crippen LogP contribution in [0.1, 0.15) is 12.8 Å². The van der Waals surface area contributed by atoms with E-state index in [0.29, 0.717) is 23.8 Å². The third-order valence-electron chi connectivity index (χ3n) is 2.17. The molecule has 9 heteroatoms. The number of aromatic nitrogens is 2. The van der Waals surface area contributed by atoms with E-state index >= 15 is 0 Å². The van der Waals surface area contributed by atoms with Crippen LogP contribution in [0, 0.1) is 22.3 Å². The number of hydrogen-bond donors (Lipinski definition) is 1. The molecule has 1 aromatic heterocycles. The number of aromatic amines is 1. The molecule has 1 atom stereocenters. The minimum Gasteiger partial charge on any atom is -0.474 e. The number of hydrogen-bond acceptors (Lipinski definition) is 5. The molecule has 0 spiro atoms. The summed E-state index contributed by atoms with van der Waals surface area (Å²) >= 11 is 5.89. The third kappa shape index (κ3) is 3.76. The van der Waals surface area contributed by atoms with Crippen molar-refractivity contribution in [3.63, 3.8) is 0 Å². The Hall–Kier alpha value is -1.48. The van der Waals surface area contributed by atoms with Crippen LogP contribution in [0.4, 0.5) is 13.2 Å². The first-order valence-electron chi connectivity index (χ1n) is 5.43. The van der Waals surface area contributed by atoms with E-state index in [1.54, 1.807) is 6.92 Å². The first-order valence-corrected chi connectivity index (χ1v) is 6.88. The average molecular weight is 322 g/mol. The molecule has 0 saturated carbocycles. The third-order valence-corrected chi connectivity index (χ3v) is 3.32. The predicted octanol–water partition coefficient (Wildman–Crippen LogP) is 3.81. The number of H-pyrrole nitrogens is 1. The van der Waals surface area contributed by atoms with Crippen molar-refractivity contribution < 1.29 is 22.3 Å². The summed E-state index contributed by atoms with van der Waals surface area (Å²) in [6.07, 6.45) is 0. The monoisotopic (exact) mass is 322 g/mol. The highest BCUT2D eigenvalue weighted by Crippen LogP contribution is 2.27. The summed E-state index contributed by atoms with van der Waals surface area (Å²) in [4.78, 5) is 0.143. The van der Waals surface area contributed by atoms with Crippen LogP contribution < -0.4 is 4.74 Å². The maximum Gasteiger partial charge on any atom is 0.284 e. The topological polar surface area (TPSA) is 51.0 Å². The molecule has 1 unspecified atom stereocenters. The van der Waals surface area contributed by atoms with E-state index in [-0.39, 0.29) is 4.84 Å². The molecule has 0 bridgehead atoms. The van der Waals surface area contributed by atoms with Gasteiger partial charge in [0.05, 0.1) is 5.75 Å². The first kappa shape index (κ1) is 14.9. The van der Waals surface area contributed by atoms with Crippen molar-refractivity contribution in [1.29, 1.82) is 0 Å². The summed E-state index contributed by atoms with van der Waals surface area (Å²) in [5, 5.41) is 6.22. The Balaban J connectivity index is 1.98. The molecule has 0 fully saturated rings. The van der Waals surface area contributed by atoms with Crippen LogP contribution in [0.15, 0.2) is 16.5 Å². The fourth-order valence-corrected chi connectivity index (χ4v) is 2.16. The predicted molar refractivity (Wildman–Crippen MR) is 69.4 cm³/mol. The van der Waals surface area contributed by atoms with Crippen LogP contribution in [0.2, 0.25) is 0 Å². The smallest absolute Gasteiger partial charge is 0.284 e. The molecule has 20 heavy (non-hydrogen) atoms. The molecule has 108 valence electrons. The van der Waals surface area contributed by atoms with Gasteiger partial charge in [0, 0.05) is 12.1 Å². The van der Waals surface area contributed by atoms with Crippen molar-refractivity contribution in [2.24, 2.45) is 0 Å². The van der Waals surface area contributed by atoms with E-state index in [9.17, 15) is 13.2 Å². The summed E-state index contributed by atoms with van der Waals surface area (Å²) in [6.45, 7) is 1.59. The van der Waals surface area contributed by atoms with Crippen molar-refractivity contribution in [3.8, 4) is 5.75 Å². The van der Waals surface area contributed by atoms with Gasteiger partial charge in [-0.05, 0) is 19.1 Å². The second kappa shape index (κ2) is 6.31. The van der Waals surface area contributed by atoms with Crippen LogP contribution in [0.3, 0.4) is 0 Å². The van der Waals surface area contributed by atoms with Crippen LogP contribution in [0.5, 0.6) is 5.75 Å². The highest BCUT2D eigenvalue weighted by atomic mass is 32.2. The van der Waals surface area contributed by atoms with Gasteiger partial charge in [0.15, 0.2) is 17.4 Å². The molecule has 4 nitrogen and oxygen atoms in total. The zero-order chi connectivity index (χ0) is 14.7. The summed E-state index contributed by atoms with van der Waals surface area (Å²) in [5.41, 5.74) is -0.593. The molecule has 0 aliphatic heterocycles. The van der Waals surface area contributed by atoms with Gasteiger partial charge in [0.2, 0.25) is 5.89 Å². The van der Waals surface area contributed by atoms with Gasteiger partial charge in [-0.25, -0.2) is 18.3 Å². The van der Waals surface area contributed by atoms with Crippen LogP contribution >= 0.6 is 24.0 Å². The van der Waals surface area contributed by atoms with E-state index in [4.69, 9.17) is 21.4 Å². The SMILES string of the molecule is CC(Oc1c(F)cc(F)cc1F)SCc1n[nH]c(=S)o1. The lowest BCUT2D eigenvalue weighted by Gasteiger charge is -2.14. The van der Waals surface area contributed by atoms with Crippen LogP contribution in [-0.4, -0.2) is 15.6 Å². The minimum atomic E-state index is -1.09. The molecule has 2 rings (SSSR count). The Bertz CT molecular complexity index is 636. The number of nitrogens with zero attached hydrogens (tertiary/aromatic N) is 1. The van der Waals surface area contributed by atoms with Crippen molar-refractivity contribution in [3.05, 3.63) is 40.3 Å². The summed E-state index contributed by atoms with van der Waals surface area (Å²) in [7, 11) is 0. The molecule has 1 N–H and O–H groups in total. The fourth-order valence-electron chi connectivity index (χ4n) is 1.35. The fraction of sp³-hybridized carbons (Fsp3) is 0.273. The van der Waals surface area contributed by atoms with Gasteiger partial charge in [-0.15, -0.1) is 16.9 Å². The molecule has 1 aromatic carbocycles. The van der Waals surface area contributed by atoms with E-state index in [0.717, 1.165) is 0 Å². The number of ether oxygens (including phenoxy) is 1. The molecule has 0 radical (unpaired) electrons. The Morgan fingerprint density at radius 1 is 1.40 bits per heavy atom. The number of rotatable bonds is 5. The largest absolute Gasteiger partial charge is 0.474 e. The van der Waals surface area contributed by atoms with Gasteiger partial charge in [-0.3, -0.25) is 0 Å². The average Bonchev–Trinajstić information content (AvgIpc) is 2.77. The molecular formula is C11H9F3N2O2S2. The van der Waals surface area contributed by atoms with Gasteiger partial charge < -0.3 is 9.15 Å². The number of benzene rings is 1. The lowest BCUT2D eigenvalue weighted by molar-refractivity contribution is 0.274.